The maximum Gasteiger partial charge on any atom is 0.224 e. The van der Waals surface area contributed by atoms with Gasteiger partial charge in [0.25, 0.3) is 0 Å². The lowest BCUT2D eigenvalue weighted by Gasteiger charge is -2.13. The van der Waals surface area contributed by atoms with Gasteiger partial charge in [0.05, 0.1) is 27.0 Å². The van der Waals surface area contributed by atoms with Crippen LogP contribution in [0.1, 0.15) is 18.9 Å². The molecule has 31 heavy (non-hydrogen) atoms. The van der Waals surface area contributed by atoms with Crippen LogP contribution < -0.4 is 38.1 Å². The minimum absolute atomic E-state index is 0. The molecule has 0 aliphatic carbocycles. The number of carbonyl (C=O) groups is 1. The van der Waals surface area contributed by atoms with E-state index in [-0.39, 0.29) is 24.5 Å². The Kier molecular flexibility index (Phi) is 9.36. The molecule has 1 heterocycles. The van der Waals surface area contributed by atoms with Crippen LogP contribution >= 0.6 is 0 Å². The standard InChI is InChI=1S/C22H24N2O5.ClH.H3N/c1-6-20(25)23-17-10-14(7-8-18(17)26-3)16-12-29-24-21(16)15-9-13(2)22(28-5)19(11-15)27-4;;/h7-12H,6H2,1-5H3,(H,23,25);1H;1H3. The molecule has 0 fully saturated rings. The number of anilines is 1. The van der Waals surface area contributed by atoms with E-state index in [4.69, 9.17) is 18.7 Å². The number of quaternary nitrogens is 1. The van der Waals surface area contributed by atoms with Gasteiger partial charge in [-0.05, 0) is 42.3 Å². The third-order valence-electron chi connectivity index (χ3n) is 4.61. The summed E-state index contributed by atoms with van der Waals surface area (Å²) < 4.78 is 21.5. The molecule has 5 N–H and O–H groups in total. The number of hydrogen-bond donors (Lipinski definition) is 2. The van der Waals surface area contributed by atoms with Crippen molar-refractivity contribution in [1.82, 2.24) is 11.3 Å². The maximum absolute atomic E-state index is 11.9. The number of ether oxygens (including phenoxy) is 3. The van der Waals surface area contributed by atoms with Crippen LogP contribution in [-0.2, 0) is 4.79 Å². The average molecular weight is 450 g/mol. The van der Waals surface area contributed by atoms with Gasteiger partial charge in [-0.2, -0.15) is 0 Å². The van der Waals surface area contributed by atoms with Crippen LogP contribution in [0.3, 0.4) is 0 Å². The van der Waals surface area contributed by atoms with E-state index in [1.165, 1.54) is 0 Å². The average Bonchev–Trinajstić information content (AvgIpc) is 3.22. The summed E-state index contributed by atoms with van der Waals surface area (Å²) in [5.74, 6) is 1.77. The zero-order valence-electron chi connectivity index (χ0n) is 18.5. The van der Waals surface area contributed by atoms with Crippen LogP contribution in [0.5, 0.6) is 17.2 Å². The number of nitrogens with one attached hydrogen (secondary N) is 1. The van der Waals surface area contributed by atoms with E-state index in [9.17, 15) is 4.79 Å². The van der Waals surface area contributed by atoms with Crippen molar-refractivity contribution in [1.29, 1.82) is 0 Å². The Hall–Kier alpha value is -3.23. The number of nitrogens with zero attached hydrogens (tertiary/aromatic N) is 1. The number of benzene rings is 2. The molecule has 0 atom stereocenters. The van der Waals surface area contributed by atoms with Crippen molar-refractivity contribution < 1.29 is 35.9 Å². The third-order valence-corrected chi connectivity index (χ3v) is 4.61. The molecule has 0 bridgehead atoms. The molecule has 0 spiro atoms. The molecule has 0 aliphatic rings. The number of aromatic nitrogens is 1. The minimum Gasteiger partial charge on any atom is -1.00 e. The fraction of sp³-hybridized carbons (Fsp3) is 0.273. The van der Waals surface area contributed by atoms with Gasteiger partial charge in [-0.1, -0.05) is 18.1 Å². The van der Waals surface area contributed by atoms with Gasteiger partial charge in [-0.25, -0.2) is 0 Å². The second-order valence-electron chi connectivity index (χ2n) is 6.42. The van der Waals surface area contributed by atoms with Gasteiger partial charge < -0.3 is 42.6 Å². The Balaban J connectivity index is 0.00000240. The fourth-order valence-corrected chi connectivity index (χ4v) is 3.15. The molecular weight excluding hydrogens is 422 g/mol. The first kappa shape index (κ1) is 25.8. The molecule has 1 amide bonds. The number of methoxy groups -OCH3 is 3. The van der Waals surface area contributed by atoms with Crippen molar-refractivity contribution in [2.24, 2.45) is 0 Å². The molecule has 2 aromatic carbocycles. The van der Waals surface area contributed by atoms with E-state index in [0.29, 0.717) is 35.1 Å². The van der Waals surface area contributed by atoms with E-state index >= 15 is 0 Å². The molecule has 0 saturated carbocycles. The summed E-state index contributed by atoms with van der Waals surface area (Å²) in [6.07, 6.45) is 1.95. The van der Waals surface area contributed by atoms with Crippen LogP contribution in [-0.4, -0.2) is 32.4 Å². The van der Waals surface area contributed by atoms with E-state index < -0.39 is 0 Å². The monoisotopic (exact) mass is 449 g/mol. The lowest BCUT2D eigenvalue weighted by Crippen LogP contribution is -3.00. The number of rotatable bonds is 7. The zero-order chi connectivity index (χ0) is 21.0. The molecular formula is C22H28ClN3O5. The van der Waals surface area contributed by atoms with Gasteiger partial charge in [0.1, 0.15) is 17.7 Å². The van der Waals surface area contributed by atoms with Gasteiger partial charge in [0.15, 0.2) is 11.5 Å². The minimum atomic E-state index is -0.0958. The number of halogens is 1. The van der Waals surface area contributed by atoms with Crippen LogP contribution in [0.2, 0.25) is 0 Å². The first-order chi connectivity index (χ1) is 14.0. The first-order valence-corrected chi connectivity index (χ1v) is 9.18. The molecule has 9 heteroatoms. The third kappa shape index (κ3) is 5.28. The number of aryl methyl sites for hydroxylation is 1. The Bertz CT molecular complexity index is 1040. The molecule has 0 aliphatic heterocycles. The van der Waals surface area contributed by atoms with E-state index in [1.54, 1.807) is 40.6 Å². The Labute approximate surface area is 187 Å². The van der Waals surface area contributed by atoms with Gasteiger partial charge in [-0.15, -0.1) is 0 Å². The fourth-order valence-electron chi connectivity index (χ4n) is 3.15. The predicted octanol–water partition coefficient (Wildman–Crippen LogP) is 2.07. The van der Waals surface area contributed by atoms with Crippen molar-refractivity contribution in [2.75, 3.05) is 26.6 Å². The second kappa shape index (κ2) is 11.2. The number of hydrogen-bond acceptors (Lipinski definition) is 6. The SMILES string of the molecule is CCC(=O)Nc1cc(-c2conc2-c2cc(C)c(OC)c(OC)c2)ccc1OC.[Cl-].[NH4+]. The summed E-state index contributed by atoms with van der Waals surface area (Å²) in [5, 5.41) is 7.06. The van der Waals surface area contributed by atoms with Crippen molar-refractivity contribution in [3.8, 4) is 39.6 Å². The van der Waals surface area contributed by atoms with Crippen LogP contribution in [0.25, 0.3) is 22.4 Å². The topological polar surface area (TPSA) is 119 Å². The molecule has 0 saturated heterocycles. The summed E-state index contributed by atoms with van der Waals surface area (Å²) in [6.45, 7) is 3.74. The lowest BCUT2D eigenvalue weighted by molar-refractivity contribution is -0.115. The van der Waals surface area contributed by atoms with Crippen LogP contribution in [0.15, 0.2) is 41.1 Å². The molecule has 3 rings (SSSR count). The van der Waals surface area contributed by atoms with Crippen molar-refractivity contribution in [2.45, 2.75) is 20.3 Å². The summed E-state index contributed by atoms with van der Waals surface area (Å²) in [7, 11) is 4.76. The van der Waals surface area contributed by atoms with E-state index in [0.717, 1.165) is 22.3 Å². The van der Waals surface area contributed by atoms with Crippen molar-refractivity contribution >= 4 is 11.6 Å². The van der Waals surface area contributed by atoms with Gasteiger partial charge >= 0.3 is 0 Å². The number of amides is 1. The Morgan fingerprint density at radius 2 is 1.74 bits per heavy atom. The molecule has 3 aromatic rings. The lowest BCUT2D eigenvalue weighted by atomic mass is 9.99. The quantitative estimate of drug-likeness (QED) is 0.569. The maximum atomic E-state index is 11.9. The van der Waals surface area contributed by atoms with E-state index in [2.05, 4.69) is 10.5 Å². The highest BCUT2D eigenvalue weighted by Crippen LogP contribution is 2.40. The van der Waals surface area contributed by atoms with Gasteiger partial charge in [0, 0.05) is 17.5 Å². The smallest absolute Gasteiger partial charge is 0.224 e. The van der Waals surface area contributed by atoms with E-state index in [1.807, 2.05) is 31.2 Å². The van der Waals surface area contributed by atoms with Crippen LogP contribution in [0.4, 0.5) is 5.69 Å². The number of carbonyl (C=O) groups excluding carboxylic acids is 1. The van der Waals surface area contributed by atoms with Crippen molar-refractivity contribution in [3.05, 3.63) is 42.2 Å². The Morgan fingerprint density at radius 1 is 1.03 bits per heavy atom. The first-order valence-electron chi connectivity index (χ1n) is 9.18. The highest BCUT2D eigenvalue weighted by Gasteiger charge is 2.18. The summed E-state index contributed by atoms with van der Waals surface area (Å²) in [4.78, 5) is 11.9. The zero-order valence-corrected chi connectivity index (χ0v) is 19.3. The van der Waals surface area contributed by atoms with Crippen molar-refractivity contribution in [3.63, 3.8) is 0 Å². The molecule has 1 aromatic heterocycles. The molecule has 168 valence electrons. The van der Waals surface area contributed by atoms with Gasteiger partial charge in [0.2, 0.25) is 5.91 Å². The normalized spacial score (nSPS) is 9.84. The second-order valence-corrected chi connectivity index (χ2v) is 6.42. The van der Waals surface area contributed by atoms with Crippen LogP contribution in [0, 0.1) is 6.92 Å². The molecule has 0 radical (unpaired) electrons. The molecule has 0 unspecified atom stereocenters. The Morgan fingerprint density at radius 3 is 2.35 bits per heavy atom. The largest absolute Gasteiger partial charge is 1.00 e. The summed E-state index contributed by atoms with van der Waals surface area (Å²) >= 11 is 0. The highest BCUT2D eigenvalue weighted by atomic mass is 35.5. The predicted molar refractivity (Wildman–Crippen MR) is 117 cm³/mol. The summed E-state index contributed by atoms with van der Waals surface area (Å²) in [5.41, 5.74) is 4.62. The highest BCUT2D eigenvalue weighted by molar-refractivity contribution is 5.93. The molecule has 8 nitrogen and oxygen atoms in total. The summed E-state index contributed by atoms with van der Waals surface area (Å²) in [6, 6.07) is 9.36. The van der Waals surface area contributed by atoms with Gasteiger partial charge in [-0.3, -0.25) is 4.79 Å².